The van der Waals surface area contributed by atoms with Crippen molar-refractivity contribution >= 4 is 5.78 Å². The van der Waals surface area contributed by atoms with Crippen molar-refractivity contribution in [3.05, 3.63) is 34.9 Å². The molecule has 1 aromatic carbocycles. The molecule has 2 fully saturated rings. The van der Waals surface area contributed by atoms with Gasteiger partial charge in [-0.25, -0.2) is 8.78 Å². The third kappa shape index (κ3) is 1.67. The van der Waals surface area contributed by atoms with E-state index in [2.05, 4.69) is 5.32 Å². The maximum absolute atomic E-state index is 13.9. The van der Waals surface area contributed by atoms with E-state index >= 15 is 0 Å². The van der Waals surface area contributed by atoms with E-state index in [1.807, 2.05) is 0 Å². The molecule has 2 saturated heterocycles. The summed E-state index contributed by atoms with van der Waals surface area (Å²) in [5.74, 6) is -2.10. The van der Waals surface area contributed by atoms with Crippen LogP contribution in [0, 0.1) is 24.5 Å². The number of hydrogen-bond acceptors (Lipinski definition) is 2. The first-order valence-corrected chi connectivity index (χ1v) is 6.33. The average molecular weight is 251 g/mol. The first-order chi connectivity index (χ1) is 8.58. The number of benzene rings is 1. The Hall–Kier alpha value is -1.29. The number of carbonyl (C=O) groups is 1. The Morgan fingerprint density at radius 1 is 1.33 bits per heavy atom. The zero-order chi connectivity index (χ0) is 12.9. The van der Waals surface area contributed by atoms with Gasteiger partial charge in [0.25, 0.3) is 0 Å². The molecule has 2 heterocycles. The molecule has 4 heteroatoms. The van der Waals surface area contributed by atoms with E-state index in [-0.39, 0.29) is 23.3 Å². The summed E-state index contributed by atoms with van der Waals surface area (Å²) < 4.78 is 27.6. The number of halogens is 2. The van der Waals surface area contributed by atoms with Crippen LogP contribution in [0.25, 0.3) is 0 Å². The minimum absolute atomic E-state index is 0.0989. The van der Waals surface area contributed by atoms with Gasteiger partial charge < -0.3 is 5.32 Å². The summed E-state index contributed by atoms with van der Waals surface area (Å²) in [4.78, 5) is 12.3. The van der Waals surface area contributed by atoms with Gasteiger partial charge in [-0.1, -0.05) is 6.07 Å². The highest BCUT2D eigenvalue weighted by Crippen LogP contribution is 2.36. The molecule has 2 bridgehead atoms. The van der Waals surface area contributed by atoms with Crippen molar-refractivity contribution in [2.75, 3.05) is 0 Å². The number of aryl methyl sites for hydroxylation is 1. The van der Waals surface area contributed by atoms with Crippen LogP contribution in [0.15, 0.2) is 12.1 Å². The van der Waals surface area contributed by atoms with Gasteiger partial charge in [0, 0.05) is 18.0 Å². The monoisotopic (exact) mass is 251 g/mol. The summed E-state index contributed by atoms with van der Waals surface area (Å²) in [5, 5.41) is 3.32. The Morgan fingerprint density at radius 2 is 2.11 bits per heavy atom. The lowest BCUT2D eigenvalue weighted by Crippen LogP contribution is -2.30. The average Bonchev–Trinajstić information content (AvgIpc) is 2.96. The lowest BCUT2D eigenvalue weighted by Gasteiger charge is -2.19. The number of fused-ring (bicyclic) bond motifs is 2. The number of hydrogen-bond donors (Lipinski definition) is 1. The van der Waals surface area contributed by atoms with Gasteiger partial charge in [-0.3, -0.25) is 4.79 Å². The van der Waals surface area contributed by atoms with Crippen LogP contribution in [0.5, 0.6) is 0 Å². The quantitative estimate of drug-likeness (QED) is 0.819. The Bertz CT molecular complexity index is 515. The maximum atomic E-state index is 13.9. The topological polar surface area (TPSA) is 29.1 Å². The highest BCUT2D eigenvalue weighted by molar-refractivity contribution is 5.99. The van der Waals surface area contributed by atoms with Gasteiger partial charge in [0.15, 0.2) is 5.78 Å². The molecule has 0 saturated carbocycles. The third-order valence-corrected chi connectivity index (χ3v) is 4.17. The second kappa shape index (κ2) is 4.12. The van der Waals surface area contributed by atoms with E-state index < -0.39 is 11.6 Å². The Morgan fingerprint density at radius 3 is 2.72 bits per heavy atom. The van der Waals surface area contributed by atoms with E-state index in [0.29, 0.717) is 18.0 Å². The van der Waals surface area contributed by atoms with E-state index in [9.17, 15) is 13.6 Å². The molecule has 0 amide bonds. The standard InChI is InChI=1S/C14H15F2NO/c1-7-2-4-10(15)12(13(7)16)14(18)9-6-8-3-5-11(9)17-8/h2,4,8-9,11,17H,3,5-6H2,1H3. The molecule has 3 atom stereocenters. The van der Waals surface area contributed by atoms with E-state index in [4.69, 9.17) is 0 Å². The zero-order valence-electron chi connectivity index (χ0n) is 10.2. The normalized spacial score (nSPS) is 29.8. The molecule has 2 aliphatic rings. The van der Waals surface area contributed by atoms with Crippen LogP contribution < -0.4 is 5.32 Å². The predicted octanol–water partition coefficient (Wildman–Crippen LogP) is 2.60. The Labute approximate surface area is 104 Å². The van der Waals surface area contributed by atoms with Gasteiger partial charge in [-0.05, 0) is 37.8 Å². The van der Waals surface area contributed by atoms with E-state index in [0.717, 1.165) is 12.8 Å². The third-order valence-electron chi connectivity index (χ3n) is 4.17. The largest absolute Gasteiger partial charge is 0.310 e. The summed E-state index contributed by atoms with van der Waals surface area (Å²) in [6.07, 6.45) is 2.69. The number of nitrogens with one attached hydrogen (secondary N) is 1. The summed E-state index contributed by atoms with van der Waals surface area (Å²) in [6, 6.07) is 2.98. The van der Waals surface area contributed by atoms with Crippen molar-refractivity contribution in [1.82, 2.24) is 5.32 Å². The summed E-state index contributed by atoms with van der Waals surface area (Å²) in [7, 11) is 0. The predicted molar refractivity (Wildman–Crippen MR) is 63.5 cm³/mol. The lowest BCUT2D eigenvalue weighted by molar-refractivity contribution is 0.0892. The molecule has 96 valence electrons. The van der Waals surface area contributed by atoms with Crippen LogP contribution in [0.4, 0.5) is 8.78 Å². The molecule has 18 heavy (non-hydrogen) atoms. The molecule has 3 rings (SSSR count). The number of carbonyl (C=O) groups excluding carboxylic acids is 1. The number of ketones is 1. The van der Waals surface area contributed by atoms with Gasteiger partial charge in [0.1, 0.15) is 11.6 Å². The van der Waals surface area contributed by atoms with Crippen LogP contribution >= 0.6 is 0 Å². The lowest BCUT2D eigenvalue weighted by atomic mass is 9.83. The number of Topliss-reactive ketones (excluding diaryl/α,β-unsaturated/α-hetero) is 1. The van der Waals surface area contributed by atoms with Gasteiger partial charge in [0.2, 0.25) is 0 Å². The summed E-state index contributed by atoms with van der Waals surface area (Å²) >= 11 is 0. The van der Waals surface area contributed by atoms with Crippen molar-refractivity contribution in [3.8, 4) is 0 Å². The summed E-state index contributed by atoms with van der Waals surface area (Å²) in [5.41, 5.74) is -0.0368. The Balaban J connectivity index is 1.96. The molecule has 0 aliphatic carbocycles. The molecule has 0 radical (unpaired) electrons. The van der Waals surface area contributed by atoms with Gasteiger partial charge >= 0.3 is 0 Å². The SMILES string of the molecule is Cc1ccc(F)c(C(=O)C2CC3CCC2N3)c1F. The van der Waals surface area contributed by atoms with Crippen LogP contribution in [0.3, 0.4) is 0 Å². The second-order valence-electron chi connectivity index (χ2n) is 5.31. The molecule has 1 N–H and O–H groups in total. The fraction of sp³-hybridized carbons (Fsp3) is 0.500. The Kier molecular flexibility index (Phi) is 2.70. The molecular weight excluding hydrogens is 236 g/mol. The van der Waals surface area contributed by atoms with Crippen molar-refractivity contribution in [3.63, 3.8) is 0 Å². The van der Waals surface area contributed by atoms with Crippen LogP contribution in [0.1, 0.15) is 35.2 Å². The van der Waals surface area contributed by atoms with Gasteiger partial charge in [-0.2, -0.15) is 0 Å². The van der Waals surface area contributed by atoms with Crippen LogP contribution in [0.2, 0.25) is 0 Å². The minimum Gasteiger partial charge on any atom is -0.310 e. The van der Waals surface area contributed by atoms with E-state index in [1.165, 1.54) is 12.1 Å². The second-order valence-corrected chi connectivity index (χ2v) is 5.31. The van der Waals surface area contributed by atoms with Crippen molar-refractivity contribution in [2.45, 2.75) is 38.3 Å². The minimum atomic E-state index is -0.745. The molecule has 3 unspecified atom stereocenters. The van der Waals surface area contributed by atoms with Crippen molar-refractivity contribution in [2.24, 2.45) is 5.92 Å². The van der Waals surface area contributed by atoms with Gasteiger partial charge in [0.05, 0.1) is 5.56 Å². The van der Waals surface area contributed by atoms with E-state index in [1.54, 1.807) is 6.92 Å². The van der Waals surface area contributed by atoms with Crippen LogP contribution in [-0.2, 0) is 0 Å². The smallest absolute Gasteiger partial charge is 0.173 e. The highest BCUT2D eigenvalue weighted by Gasteiger charge is 2.44. The fourth-order valence-electron chi connectivity index (χ4n) is 3.18. The fourth-order valence-corrected chi connectivity index (χ4v) is 3.18. The molecule has 0 aromatic heterocycles. The molecule has 2 aliphatic heterocycles. The van der Waals surface area contributed by atoms with Crippen LogP contribution in [-0.4, -0.2) is 17.9 Å². The molecule has 0 spiro atoms. The number of rotatable bonds is 2. The highest BCUT2D eigenvalue weighted by atomic mass is 19.1. The maximum Gasteiger partial charge on any atom is 0.173 e. The summed E-state index contributed by atoms with van der Waals surface area (Å²) in [6.45, 7) is 1.55. The molecule has 1 aromatic rings. The first kappa shape index (κ1) is 11.8. The zero-order valence-corrected chi connectivity index (χ0v) is 10.2. The molecule has 2 nitrogen and oxygen atoms in total. The first-order valence-electron chi connectivity index (χ1n) is 6.33. The van der Waals surface area contributed by atoms with Crippen molar-refractivity contribution in [1.29, 1.82) is 0 Å². The van der Waals surface area contributed by atoms with Crippen molar-refractivity contribution < 1.29 is 13.6 Å². The molecular formula is C14H15F2NO. The van der Waals surface area contributed by atoms with Gasteiger partial charge in [-0.15, -0.1) is 0 Å².